The second-order valence-corrected chi connectivity index (χ2v) is 7.14. The standard InChI is InChI=1S/C20H23N3O2/c1-14(16-7-8-16)11-18-21-10-9-19(22-18)23-17(13-25-20(23)24)12-15-5-3-2-4-6-15/h2-6,9-10,14,16-17H,7-8,11-13H2,1H3/t14-,17+/m1/s1. The van der Waals surface area contributed by atoms with Crippen LogP contribution in [0.1, 0.15) is 31.2 Å². The van der Waals surface area contributed by atoms with Crippen LogP contribution in [0.5, 0.6) is 0 Å². The highest BCUT2D eigenvalue weighted by atomic mass is 16.6. The lowest BCUT2D eigenvalue weighted by atomic mass is 10.0. The number of rotatable bonds is 6. The largest absolute Gasteiger partial charge is 0.447 e. The molecule has 0 radical (unpaired) electrons. The van der Waals surface area contributed by atoms with Crippen LogP contribution in [0.4, 0.5) is 10.6 Å². The van der Waals surface area contributed by atoms with E-state index in [-0.39, 0.29) is 12.1 Å². The number of hydrogen-bond acceptors (Lipinski definition) is 4. The number of carbonyl (C=O) groups excluding carboxylic acids is 1. The predicted octanol–water partition coefficient (Wildman–Crippen LogP) is 3.63. The van der Waals surface area contributed by atoms with Gasteiger partial charge in [0, 0.05) is 12.6 Å². The minimum Gasteiger partial charge on any atom is -0.447 e. The quantitative estimate of drug-likeness (QED) is 0.808. The zero-order valence-electron chi connectivity index (χ0n) is 14.5. The number of hydrogen-bond donors (Lipinski definition) is 0. The Morgan fingerprint density at radius 1 is 1.24 bits per heavy atom. The molecule has 0 unspecified atom stereocenters. The monoisotopic (exact) mass is 337 g/mol. The molecule has 1 aliphatic carbocycles. The van der Waals surface area contributed by atoms with Crippen LogP contribution < -0.4 is 4.90 Å². The van der Waals surface area contributed by atoms with Crippen molar-refractivity contribution in [2.75, 3.05) is 11.5 Å². The Kier molecular flexibility index (Phi) is 4.38. The molecular formula is C20H23N3O2. The molecule has 1 saturated carbocycles. The van der Waals surface area contributed by atoms with Gasteiger partial charge in [-0.25, -0.2) is 14.8 Å². The number of cyclic esters (lactones) is 1. The van der Waals surface area contributed by atoms with Gasteiger partial charge in [-0.2, -0.15) is 0 Å². The van der Waals surface area contributed by atoms with Crippen LogP contribution in [-0.4, -0.2) is 28.7 Å². The van der Waals surface area contributed by atoms with E-state index in [0.29, 0.717) is 18.3 Å². The van der Waals surface area contributed by atoms with E-state index < -0.39 is 0 Å². The first-order valence-electron chi connectivity index (χ1n) is 9.02. The zero-order chi connectivity index (χ0) is 17.2. The van der Waals surface area contributed by atoms with E-state index in [0.717, 1.165) is 24.6 Å². The summed E-state index contributed by atoms with van der Waals surface area (Å²) in [5.41, 5.74) is 1.19. The van der Waals surface area contributed by atoms with Crippen LogP contribution in [-0.2, 0) is 17.6 Å². The summed E-state index contributed by atoms with van der Waals surface area (Å²) in [5.74, 6) is 2.88. The molecule has 2 aliphatic rings. The number of carbonyl (C=O) groups is 1. The van der Waals surface area contributed by atoms with Gasteiger partial charge >= 0.3 is 6.09 Å². The molecule has 130 valence electrons. The van der Waals surface area contributed by atoms with Crippen molar-refractivity contribution in [2.24, 2.45) is 11.8 Å². The summed E-state index contributed by atoms with van der Waals surface area (Å²) in [4.78, 5) is 23.0. The van der Waals surface area contributed by atoms with Crippen LogP contribution in [0, 0.1) is 11.8 Å². The van der Waals surface area contributed by atoms with Crippen molar-refractivity contribution in [1.82, 2.24) is 9.97 Å². The first-order valence-corrected chi connectivity index (χ1v) is 9.02. The Labute approximate surface area is 148 Å². The molecule has 25 heavy (non-hydrogen) atoms. The third kappa shape index (κ3) is 3.65. The van der Waals surface area contributed by atoms with E-state index in [1.165, 1.54) is 18.4 Å². The Balaban J connectivity index is 1.52. The van der Waals surface area contributed by atoms with Crippen molar-refractivity contribution in [3.63, 3.8) is 0 Å². The smallest absolute Gasteiger partial charge is 0.415 e. The number of ether oxygens (including phenoxy) is 1. The fraction of sp³-hybridized carbons (Fsp3) is 0.450. The highest BCUT2D eigenvalue weighted by Crippen LogP contribution is 2.37. The van der Waals surface area contributed by atoms with Gasteiger partial charge in [-0.3, -0.25) is 4.90 Å². The third-order valence-electron chi connectivity index (χ3n) is 5.14. The number of anilines is 1. The van der Waals surface area contributed by atoms with Gasteiger partial charge < -0.3 is 4.74 Å². The second-order valence-electron chi connectivity index (χ2n) is 7.14. The van der Waals surface area contributed by atoms with Crippen molar-refractivity contribution < 1.29 is 9.53 Å². The third-order valence-corrected chi connectivity index (χ3v) is 5.14. The van der Waals surface area contributed by atoms with Crippen LogP contribution in [0.3, 0.4) is 0 Å². The molecule has 0 bridgehead atoms. The van der Waals surface area contributed by atoms with Crippen molar-refractivity contribution in [3.8, 4) is 0 Å². The number of nitrogens with zero attached hydrogens (tertiary/aromatic N) is 3. The lowest BCUT2D eigenvalue weighted by Crippen LogP contribution is -2.36. The maximum absolute atomic E-state index is 12.3. The lowest BCUT2D eigenvalue weighted by Gasteiger charge is -2.21. The van der Waals surface area contributed by atoms with Crippen LogP contribution in [0.15, 0.2) is 42.6 Å². The lowest BCUT2D eigenvalue weighted by molar-refractivity contribution is 0.178. The molecule has 1 amide bonds. The van der Waals surface area contributed by atoms with E-state index in [2.05, 4.69) is 29.0 Å². The van der Waals surface area contributed by atoms with Crippen molar-refractivity contribution >= 4 is 11.9 Å². The summed E-state index contributed by atoms with van der Waals surface area (Å²) in [6, 6.07) is 11.9. The first-order chi connectivity index (χ1) is 12.2. The van der Waals surface area contributed by atoms with Gasteiger partial charge in [0.1, 0.15) is 18.2 Å². The van der Waals surface area contributed by atoms with Gasteiger partial charge in [0.2, 0.25) is 0 Å². The Morgan fingerprint density at radius 2 is 2.04 bits per heavy atom. The maximum atomic E-state index is 12.3. The average molecular weight is 337 g/mol. The fourth-order valence-electron chi connectivity index (χ4n) is 3.52. The molecule has 0 N–H and O–H groups in total. The molecule has 1 aromatic heterocycles. The molecule has 5 nitrogen and oxygen atoms in total. The Morgan fingerprint density at radius 3 is 2.80 bits per heavy atom. The topological polar surface area (TPSA) is 55.3 Å². The Hall–Kier alpha value is -2.43. The average Bonchev–Trinajstić information content (AvgIpc) is 3.41. The molecule has 2 aromatic rings. The molecule has 5 heteroatoms. The Bertz CT molecular complexity index is 746. The fourth-order valence-corrected chi connectivity index (χ4v) is 3.52. The van der Waals surface area contributed by atoms with E-state index in [4.69, 9.17) is 4.74 Å². The summed E-state index contributed by atoms with van der Waals surface area (Å²) < 4.78 is 5.30. The SMILES string of the molecule is C[C@H](Cc1nccc(N2C(=O)OC[C@@H]2Cc2ccccc2)n1)C1CC1. The van der Waals surface area contributed by atoms with Gasteiger partial charge in [-0.1, -0.05) is 37.3 Å². The zero-order valence-corrected chi connectivity index (χ0v) is 14.5. The molecule has 2 atom stereocenters. The summed E-state index contributed by atoms with van der Waals surface area (Å²) in [7, 11) is 0. The number of amides is 1. The predicted molar refractivity (Wildman–Crippen MR) is 95.4 cm³/mol. The number of aromatic nitrogens is 2. The molecule has 2 heterocycles. The van der Waals surface area contributed by atoms with Crippen LogP contribution in [0.2, 0.25) is 0 Å². The maximum Gasteiger partial charge on any atom is 0.415 e. The van der Waals surface area contributed by atoms with E-state index >= 15 is 0 Å². The molecule has 2 fully saturated rings. The summed E-state index contributed by atoms with van der Waals surface area (Å²) >= 11 is 0. The van der Waals surface area contributed by atoms with Crippen molar-refractivity contribution in [2.45, 2.75) is 38.6 Å². The summed E-state index contributed by atoms with van der Waals surface area (Å²) in [6.07, 6.45) is 5.69. The first kappa shape index (κ1) is 16.1. The van der Waals surface area contributed by atoms with Crippen molar-refractivity contribution in [1.29, 1.82) is 0 Å². The molecule has 1 aromatic carbocycles. The van der Waals surface area contributed by atoms with E-state index in [1.54, 1.807) is 17.2 Å². The molecular weight excluding hydrogens is 314 g/mol. The van der Waals surface area contributed by atoms with Gasteiger partial charge in [0.15, 0.2) is 0 Å². The highest BCUT2D eigenvalue weighted by Gasteiger charge is 2.35. The molecule has 4 rings (SSSR count). The summed E-state index contributed by atoms with van der Waals surface area (Å²) in [5, 5.41) is 0. The molecule has 1 aliphatic heterocycles. The normalized spacial score (nSPS) is 21.2. The van der Waals surface area contributed by atoms with Gasteiger partial charge in [-0.05, 0) is 42.7 Å². The molecule has 0 spiro atoms. The highest BCUT2D eigenvalue weighted by molar-refractivity contribution is 5.89. The molecule has 1 saturated heterocycles. The minimum atomic E-state index is -0.319. The van der Waals surface area contributed by atoms with Crippen molar-refractivity contribution in [3.05, 3.63) is 54.0 Å². The van der Waals surface area contributed by atoms with E-state index in [9.17, 15) is 4.79 Å². The second kappa shape index (κ2) is 6.82. The van der Waals surface area contributed by atoms with Gasteiger partial charge in [0.25, 0.3) is 0 Å². The van der Waals surface area contributed by atoms with Gasteiger partial charge in [0.05, 0.1) is 6.04 Å². The van der Waals surface area contributed by atoms with Crippen LogP contribution >= 0.6 is 0 Å². The summed E-state index contributed by atoms with van der Waals surface area (Å²) in [6.45, 7) is 2.65. The van der Waals surface area contributed by atoms with Gasteiger partial charge in [-0.15, -0.1) is 0 Å². The van der Waals surface area contributed by atoms with Crippen LogP contribution in [0.25, 0.3) is 0 Å². The number of benzene rings is 1. The van der Waals surface area contributed by atoms with E-state index in [1.807, 2.05) is 18.2 Å². The minimum absolute atomic E-state index is 0.0292.